The molecule has 1 aliphatic heterocycles. The van der Waals surface area contributed by atoms with Gasteiger partial charge in [0, 0.05) is 19.5 Å². The summed E-state index contributed by atoms with van der Waals surface area (Å²) >= 11 is 0. The van der Waals surface area contributed by atoms with E-state index in [4.69, 9.17) is 4.74 Å². The highest BCUT2D eigenvalue weighted by molar-refractivity contribution is 5.78. The first-order chi connectivity index (χ1) is 8.04. The maximum atomic E-state index is 11.9. The molecule has 1 heterocycles. The van der Waals surface area contributed by atoms with Crippen LogP contribution in [0.5, 0.6) is 0 Å². The first-order valence-electron chi connectivity index (χ1n) is 6.49. The molecule has 0 bridgehead atoms. The summed E-state index contributed by atoms with van der Waals surface area (Å²) in [6.07, 6.45) is 2.30. The lowest BCUT2D eigenvalue weighted by Gasteiger charge is -2.32. The van der Waals surface area contributed by atoms with Crippen LogP contribution in [0.25, 0.3) is 0 Å². The highest BCUT2D eigenvalue weighted by Crippen LogP contribution is 2.19. The molecule has 1 rings (SSSR count). The van der Waals surface area contributed by atoms with Gasteiger partial charge in [-0.05, 0) is 25.7 Å². The number of esters is 1. The number of piperidine rings is 1. The van der Waals surface area contributed by atoms with Gasteiger partial charge in [-0.15, -0.1) is 0 Å². The van der Waals surface area contributed by atoms with Gasteiger partial charge in [-0.25, -0.2) is 0 Å². The van der Waals surface area contributed by atoms with Crippen LogP contribution in [0.15, 0.2) is 0 Å². The molecule has 4 nitrogen and oxygen atoms in total. The maximum absolute atomic E-state index is 11.9. The fourth-order valence-electron chi connectivity index (χ4n) is 2.13. The molecule has 0 aromatic rings. The molecule has 1 fully saturated rings. The number of carbonyl (C=O) groups is 2. The predicted molar refractivity (Wildman–Crippen MR) is 65.4 cm³/mol. The lowest BCUT2D eigenvalue weighted by atomic mass is 9.97. The molecule has 0 saturated carbocycles. The Kier molecular flexibility index (Phi) is 5.45. The molecule has 1 aliphatic rings. The van der Waals surface area contributed by atoms with E-state index in [1.807, 2.05) is 25.7 Å². The Morgan fingerprint density at radius 3 is 2.71 bits per heavy atom. The van der Waals surface area contributed by atoms with E-state index < -0.39 is 0 Å². The topological polar surface area (TPSA) is 46.6 Å². The summed E-state index contributed by atoms with van der Waals surface area (Å²) in [4.78, 5) is 25.3. The third kappa shape index (κ3) is 4.36. The van der Waals surface area contributed by atoms with Gasteiger partial charge in [0.15, 0.2) is 0 Å². The van der Waals surface area contributed by atoms with E-state index in [-0.39, 0.29) is 17.8 Å². The van der Waals surface area contributed by atoms with Gasteiger partial charge in [0.25, 0.3) is 0 Å². The van der Waals surface area contributed by atoms with Gasteiger partial charge in [-0.3, -0.25) is 9.59 Å². The second kappa shape index (κ2) is 6.62. The molecule has 0 spiro atoms. The monoisotopic (exact) mass is 241 g/mol. The first-order valence-corrected chi connectivity index (χ1v) is 6.49. The molecule has 0 aromatic heterocycles. The average molecular weight is 241 g/mol. The zero-order valence-electron chi connectivity index (χ0n) is 11.1. The summed E-state index contributed by atoms with van der Waals surface area (Å²) in [6.45, 7) is 7.60. The fourth-order valence-corrected chi connectivity index (χ4v) is 2.13. The van der Waals surface area contributed by atoms with Crippen LogP contribution in [0, 0.1) is 11.8 Å². The molecule has 1 amide bonds. The molecule has 17 heavy (non-hydrogen) atoms. The second-order valence-corrected chi connectivity index (χ2v) is 5.03. The van der Waals surface area contributed by atoms with E-state index >= 15 is 0 Å². The Labute approximate surface area is 103 Å². The van der Waals surface area contributed by atoms with Gasteiger partial charge in [-0.1, -0.05) is 13.8 Å². The largest absolute Gasteiger partial charge is 0.466 e. The summed E-state index contributed by atoms with van der Waals surface area (Å²) in [5.74, 6) is 0.244. The van der Waals surface area contributed by atoms with Gasteiger partial charge < -0.3 is 9.64 Å². The molecule has 0 radical (unpaired) electrons. The van der Waals surface area contributed by atoms with Crippen molar-refractivity contribution in [1.82, 2.24) is 4.90 Å². The van der Waals surface area contributed by atoms with Crippen molar-refractivity contribution in [2.24, 2.45) is 11.8 Å². The number of likely N-dealkylation sites (tertiary alicyclic amines) is 1. The number of hydrogen-bond acceptors (Lipinski definition) is 3. The van der Waals surface area contributed by atoms with Crippen LogP contribution in [-0.2, 0) is 14.3 Å². The van der Waals surface area contributed by atoms with E-state index in [9.17, 15) is 9.59 Å². The van der Waals surface area contributed by atoms with Crippen molar-refractivity contribution in [2.45, 2.75) is 40.0 Å². The lowest BCUT2D eigenvalue weighted by Crippen LogP contribution is -2.43. The highest BCUT2D eigenvalue weighted by Gasteiger charge is 2.29. The van der Waals surface area contributed by atoms with Crippen LogP contribution in [-0.4, -0.2) is 36.5 Å². The van der Waals surface area contributed by atoms with E-state index in [2.05, 4.69) is 0 Å². The number of carbonyl (C=O) groups excluding carboxylic acids is 2. The van der Waals surface area contributed by atoms with Crippen LogP contribution >= 0.6 is 0 Å². The predicted octanol–water partition coefficient (Wildman–Crippen LogP) is 1.83. The Bertz CT molecular complexity index is 276. The van der Waals surface area contributed by atoms with Crippen LogP contribution in [0.2, 0.25) is 0 Å². The van der Waals surface area contributed by atoms with Crippen molar-refractivity contribution < 1.29 is 14.3 Å². The van der Waals surface area contributed by atoms with Crippen molar-refractivity contribution in [1.29, 1.82) is 0 Å². The Hall–Kier alpha value is -1.06. The third-order valence-corrected chi connectivity index (χ3v) is 2.98. The molecule has 1 saturated heterocycles. The smallest absolute Gasteiger partial charge is 0.310 e. The van der Waals surface area contributed by atoms with Gasteiger partial charge >= 0.3 is 5.97 Å². The SMILES string of the molecule is CCOC(=O)C1CCCN(C(=O)CC(C)C)C1. The Morgan fingerprint density at radius 1 is 1.41 bits per heavy atom. The van der Waals surface area contributed by atoms with Crippen molar-refractivity contribution >= 4 is 11.9 Å². The lowest BCUT2D eigenvalue weighted by molar-refractivity contribution is -0.151. The standard InChI is InChI=1S/C13H23NO3/c1-4-17-13(16)11-6-5-7-14(9-11)12(15)8-10(2)3/h10-11H,4-9H2,1-3H3. The highest BCUT2D eigenvalue weighted by atomic mass is 16.5. The molecular weight excluding hydrogens is 218 g/mol. The van der Waals surface area contributed by atoms with E-state index in [0.717, 1.165) is 19.4 Å². The first kappa shape index (κ1) is 14.0. The Morgan fingerprint density at radius 2 is 2.12 bits per heavy atom. The number of amides is 1. The van der Waals surface area contributed by atoms with Crippen LogP contribution in [0.4, 0.5) is 0 Å². The quantitative estimate of drug-likeness (QED) is 0.705. The molecule has 4 heteroatoms. The number of rotatable bonds is 4. The molecule has 1 atom stereocenters. The summed E-state index contributed by atoms with van der Waals surface area (Å²) in [6, 6.07) is 0. The van der Waals surface area contributed by atoms with Gasteiger partial charge in [0.05, 0.1) is 12.5 Å². The second-order valence-electron chi connectivity index (χ2n) is 5.03. The molecular formula is C13H23NO3. The third-order valence-electron chi connectivity index (χ3n) is 2.98. The van der Waals surface area contributed by atoms with Crippen molar-refractivity contribution in [2.75, 3.05) is 19.7 Å². The van der Waals surface area contributed by atoms with Crippen molar-refractivity contribution in [3.63, 3.8) is 0 Å². The normalized spacial score (nSPS) is 20.5. The zero-order chi connectivity index (χ0) is 12.8. The average Bonchev–Trinajstić information content (AvgIpc) is 2.28. The van der Waals surface area contributed by atoms with Crippen LogP contribution in [0.3, 0.4) is 0 Å². The van der Waals surface area contributed by atoms with Crippen molar-refractivity contribution in [3.05, 3.63) is 0 Å². The Balaban J connectivity index is 2.48. The minimum Gasteiger partial charge on any atom is -0.466 e. The zero-order valence-corrected chi connectivity index (χ0v) is 11.1. The molecule has 0 aliphatic carbocycles. The summed E-state index contributed by atoms with van der Waals surface area (Å²) in [7, 11) is 0. The molecule has 98 valence electrons. The minimum absolute atomic E-state index is 0.125. The maximum Gasteiger partial charge on any atom is 0.310 e. The fraction of sp³-hybridized carbons (Fsp3) is 0.846. The van der Waals surface area contributed by atoms with Crippen LogP contribution in [0.1, 0.15) is 40.0 Å². The summed E-state index contributed by atoms with van der Waals surface area (Å²) < 4.78 is 5.01. The molecule has 1 unspecified atom stereocenters. The van der Waals surface area contributed by atoms with E-state index in [1.165, 1.54) is 0 Å². The van der Waals surface area contributed by atoms with E-state index in [0.29, 0.717) is 25.5 Å². The summed E-state index contributed by atoms with van der Waals surface area (Å²) in [5, 5.41) is 0. The molecule has 0 aromatic carbocycles. The molecule has 0 N–H and O–H groups in total. The van der Waals surface area contributed by atoms with Gasteiger partial charge in [0.2, 0.25) is 5.91 Å². The van der Waals surface area contributed by atoms with Gasteiger partial charge in [-0.2, -0.15) is 0 Å². The summed E-state index contributed by atoms with van der Waals surface area (Å²) in [5.41, 5.74) is 0. The number of nitrogens with zero attached hydrogens (tertiary/aromatic N) is 1. The van der Waals surface area contributed by atoms with Crippen LogP contribution < -0.4 is 0 Å². The number of hydrogen-bond donors (Lipinski definition) is 0. The number of ether oxygens (including phenoxy) is 1. The van der Waals surface area contributed by atoms with Crippen molar-refractivity contribution in [3.8, 4) is 0 Å². The van der Waals surface area contributed by atoms with Gasteiger partial charge in [0.1, 0.15) is 0 Å². The van der Waals surface area contributed by atoms with E-state index in [1.54, 1.807) is 0 Å². The minimum atomic E-state index is -0.158.